The topological polar surface area (TPSA) is 43.9 Å². The summed E-state index contributed by atoms with van der Waals surface area (Å²) in [7, 11) is 0. The summed E-state index contributed by atoms with van der Waals surface area (Å²) in [5.41, 5.74) is 0. The van der Waals surface area contributed by atoms with E-state index in [1.165, 1.54) is 248 Å². The molecule has 0 aromatic heterocycles. The van der Waals surface area contributed by atoms with E-state index in [0.29, 0.717) is 0 Å². The van der Waals surface area contributed by atoms with Crippen molar-refractivity contribution in [1.82, 2.24) is 24.5 Å². The fraction of sp³-hybridized carbons (Fsp3) is 0.583. The third-order valence-corrected chi connectivity index (χ3v) is 18.1. The standard InChI is InChI=1S/C16H25NO.C15H23NS.C14H21NO.C14H21NS.C13H19NO/c1(6-12-17-13-7-8-14-17)2-9-15-18-16-10-4-3-5-11-16;1-3-9-15(10-4-1)17-14-8-2-5-11-16-12-6-7-13-16;2*1-2-8-14(9-3-1)16-13-7-6-12-15-10-4-5-11-15;1-2-7-13(8-3-1)15-12-6-11-14-9-4-5-10-14/h3-5,10-11H,1-2,6-9,12-15H2;1,3-4,9-10H,2,5-8,11-14H2;2*1-3,8-9H,4-7,10-13H2;1-3,7-8H,4-6,9-12H2. The molecule has 0 radical (unpaired) electrons. The maximum atomic E-state index is 5.68. The van der Waals surface area contributed by atoms with Gasteiger partial charge in [-0.05, 0) is 286 Å². The number of rotatable bonds is 32. The van der Waals surface area contributed by atoms with Gasteiger partial charge in [-0.3, -0.25) is 0 Å². The first-order valence-corrected chi connectivity index (χ1v) is 34.7. The highest BCUT2D eigenvalue weighted by atomic mass is 32.2. The van der Waals surface area contributed by atoms with Gasteiger partial charge in [-0.2, -0.15) is 0 Å². The summed E-state index contributed by atoms with van der Waals surface area (Å²) in [5.74, 6) is 5.50. The zero-order valence-corrected chi connectivity index (χ0v) is 52.5. The van der Waals surface area contributed by atoms with Crippen LogP contribution in [0.2, 0.25) is 0 Å². The molecule has 5 aliphatic rings. The van der Waals surface area contributed by atoms with Crippen molar-refractivity contribution in [2.24, 2.45) is 0 Å². The molecule has 5 saturated heterocycles. The highest BCUT2D eigenvalue weighted by Gasteiger charge is 2.14. The minimum atomic E-state index is 0.834. The minimum absolute atomic E-state index is 0.834. The fourth-order valence-corrected chi connectivity index (χ4v) is 13.0. The van der Waals surface area contributed by atoms with Crippen LogP contribution in [0.4, 0.5) is 0 Å². The van der Waals surface area contributed by atoms with Crippen LogP contribution in [0.3, 0.4) is 0 Å². The molecular weight excluding hydrogens is 1050 g/mol. The molecule has 5 aromatic carbocycles. The molecule has 5 fully saturated rings. The lowest BCUT2D eigenvalue weighted by atomic mass is 10.2. The molecule has 5 aromatic rings. The number of thioether (sulfide) groups is 2. The Morgan fingerprint density at radius 2 is 0.476 bits per heavy atom. The lowest BCUT2D eigenvalue weighted by Gasteiger charge is -2.14. The molecule has 82 heavy (non-hydrogen) atoms. The smallest absolute Gasteiger partial charge is 0.119 e. The third-order valence-electron chi connectivity index (χ3n) is 15.9. The van der Waals surface area contributed by atoms with Crippen molar-refractivity contribution in [3.8, 4) is 17.2 Å². The molecule has 0 unspecified atom stereocenters. The summed E-state index contributed by atoms with van der Waals surface area (Å²) in [6, 6.07) is 51.7. The van der Waals surface area contributed by atoms with Gasteiger partial charge in [0.1, 0.15) is 17.2 Å². The number of hydrogen-bond donors (Lipinski definition) is 0. The van der Waals surface area contributed by atoms with Crippen molar-refractivity contribution in [2.45, 2.75) is 151 Å². The van der Waals surface area contributed by atoms with E-state index in [1.54, 1.807) is 0 Å². The highest BCUT2D eigenvalue weighted by molar-refractivity contribution is 7.99. The summed E-state index contributed by atoms with van der Waals surface area (Å²) >= 11 is 3.97. The van der Waals surface area contributed by atoms with Gasteiger partial charge < -0.3 is 38.7 Å². The Balaban J connectivity index is 0.000000165. The Labute approximate surface area is 508 Å². The lowest BCUT2D eigenvalue weighted by molar-refractivity contribution is 0.263. The molecule has 5 heterocycles. The third kappa shape index (κ3) is 33.5. The maximum Gasteiger partial charge on any atom is 0.119 e. The average molecular weight is 1160 g/mol. The van der Waals surface area contributed by atoms with E-state index in [2.05, 4.69) is 85.2 Å². The van der Waals surface area contributed by atoms with Crippen molar-refractivity contribution in [3.05, 3.63) is 152 Å². The quantitative estimate of drug-likeness (QED) is 0.0307. The van der Waals surface area contributed by atoms with E-state index < -0.39 is 0 Å². The maximum absolute atomic E-state index is 5.68. The lowest BCUT2D eigenvalue weighted by Crippen LogP contribution is -2.21. The van der Waals surface area contributed by atoms with Crippen LogP contribution in [-0.2, 0) is 0 Å². The summed E-state index contributed by atoms with van der Waals surface area (Å²) in [4.78, 5) is 15.7. The zero-order valence-electron chi connectivity index (χ0n) is 50.9. The Hall–Kier alpha value is -4.00. The van der Waals surface area contributed by atoms with Gasteiger partial charge in [0.15, 0.2) is 0 Å². The first kappa shape index (κ1) is 67.1. The molecule has 0 N–H and O–H groups in total. The van der Waals surface area contributed by atoms with Gasteiger partial charge in [0.25, 0.3) is 0 Å². The summed E-state index contributed by atoms with van der Waals surface area (Å²) in [5, 5.41) is 0. The SMILES string of the molecule is c1ccc(OCCCCCCN2CCCC2)cc1.c1ccc(OCCCCN2CCCC2)cc1.c1ccc(OCCCN2CCCC2)cc1.c1ccc(SCCCCCN2CCCC2)cc1.c1ccc(SCCCCN2CCCC2)cc1. The first-order valence-electron chi connectivity index (χ1n) is 32.8. The molecular formula is C72H109N5O3S2. The van der Waals surface area contributed by atoms with Gasteiger partial charge in [-0.15, -0.1) is 23.5 Å². The first-order chi connectivity index (χ1) is 40.7. The minimum Gasteiger partial charge on any atom is -0.494 e. The molecule has 8 nitrogen and oxygen atoms in total. The fourth-order valence-electron chi connectivity index (χ4n) is 11.1. The average Bonchev–Trinajstić information content (AvgIpc) is 4.42. The van der Waals surface area contributed by atoms with Crippen LogP contribution in [0, 0.1) is 0 Å². The van der Waals surface area contributed by atoms with Crippen molar-refractivity contribution < 1.29 is 14.2 Å². The van der Waals surface area contributed by atoms with Crippen molar-refractivity contribution in [3.63, 3.8) is 0 Å². The number of benzene rings is 5. The van der Waals surface area contributed by atoms with E-state index in [1.807, 2.05) is 115 Å². The van der Waals surface area contributed by atoms with Gasteiger partial charge in [0.05, 0.1) is 19.8 Å². The summed E-state index contributed by atoms with van der Waals surface area (Å²) in [6.07, 6.45) is 29.6. The molecule has 452 valence electrons. The van der Waals surface area contributed by atoms with Crippen LogP contribution >= 0.6 is 23.5 Å². The number of ether oxygens (including phenoxy) is 3. The monoisotopic (exact) mass is 1160 g/mol. The normalized spacial score (nSPS) is 16.5. The van der Waals surface area contributed by atoms with Crippen molar-refractivity contribution in [2.75, 3.05) is 129 Å². The molecule has 0 bridgehead atoms. The zero-order chi connectivity index (χ0) is 56.7. The molecule has 0 atom stereocenters. The molecule has 10 heteroatoms. The molecule has 0 saturated carbocycles. The predicted molar refractivity (Wildman–Crippen MR) is 354 cm³/mol. The van der Waals surface area contributed by atoms with Crippen molar-refractivity contribution >= 4 is 23.5 Å². The van der Waals surface area contributed by atoms with Crippen LogP contribution < -0.4 is 14.2 Å². The number of likely N-dealkylation sites (tertiary alicyclic amines) is 5. The number of nitrogens with zero attached hydrogens (tertiary/aromatic N) is 5. The van der Waals surface area contributed by atoms with E-state index >= 15 is 0 Å². The molecule has 5 aliphatic heterocycles. The molecule has 10 rings (SSSR count). The number of para-hydroxylation sites is 3. The second kappa shape index (κ2) is 46.3. The second-order valence-electron chi connectivity index (χ2n) is 22.8. The Bertz CT molecular complexity index is 2090. The summed E-state index contributed by atoms with van der Waals surface area (Å²) < 4.78 is 17.0. The molecule has 0 amide bonds. The highest BCUT2D eigenvalue weighted by Crippen LogP contribution is 2.21. The van der Waals surface area contributed by atoms with Gasteiger partial charge >= 0.3 is 0 Å². The van der Waals surface area contributed by atoms with Gasteiger partial charge in [-0.25, -0.2) is 0 Å². The molecule has 0 spiro atoms. The largest absolute Gasteiger partial charge is 0.494 e. The van der Waals surface area contributed by atoms with Crippen molar-refractivity contribution in [1.29, 1.82) is 0 Å². The Morgan fingerprint density at radius 3 is 0.817 bits per heavy atom. The van der Waals surface area contributed by atoms with E-state index in [0.717, 1.165) is 49.9 Å². The Kier molecular flexibility index (Phi) is 37.9. The van der Waals surface area contributed by atoms with Gasteiger partial charge in [0, 0.05) is 16.3 Å². The van der Waals surface area contributed by atoms with Crippen LogP contribution in [-0.4, -0.2) is 154 Å². The second-order valence-corrected chi connectivity index (χ2v) is 25.1. The van der Waals surface area contributed by atoms with Crippen LogP contribution in [0.1, 0.15) is 141 Å². The van der Waals surface area contributed by atoms with Crippen LogP contribution in [0.5, 0.6) is 17.2 Å². The molecule has 0 aliphatic carbocycles. The van der Waals surface area contributed by atoms with E-state index in [-0.39, 0.29) is 0 Å². The van der Waals surface area contributed by atoms with Gasteiger partial charge in [-0.1, -0.05) is 110 Å². The van der Waals surface area contributed by atoms with E-state index in [4.69, 9.17) is 14.2 Å². The number of unbranched alkanes of at least 4 members (excludes halogenated alkanes) is 7. The van der Waals surface area contributed by atoms with Crippen LogP contribution in [0.25, 0.3) is 0 Å². The van der Waals surface area contributed by atoms with E-state index in [9.17, 15) is 0 Å². The predicted octanol–water partition coefficient (Wildman–Crippen LogP) is 16.9. The van der Waals surface area contributed by atoms with Crippen LogP contribution in [0.15, 0.2) is 161 Å². The Morgan fingerprint density at radius 1 is 0.244 bits per heavy atom. The number of hydrogen-bond acceptors (Lipinski definition) is 10. The van der Waals surface area contributed by atoms with Gasteiger partial charge in [0.2, 0.25) is 0 Å². The summed E-state index contributed by atoms with van der Waals surface area (Å²) in [6.45, 7) is 22.1.